The summed E-state index contributed by atoms with van der Waals surface area (Å²) in [4.78, 5) is 11.5. The number of fused-ring (bicyclic) bond motifs is 2. The van der Waals surface area contributed by atoms with Gasteiger partial charge in [-0.25, -0.2) is 9.18 Å². The van der Waals surface area contributed by atoms with Crippen molar-refractivity contribution in [2.75, 3.05) is 26.9 Å². The molecule has 36 heavy (non-hydrogen) atoms. The molecule has 0 unspecified atom stereocenters. The summed E-state index contributed by atoms with van der Waals surface area (Å²) in [6, 6.07) is 9.18. The van der Waals surface area contributed by atoms with Crippen LogP contribution in [0.15, 0.2) is 36.5 Å². The first-order chi connectivity index (χ1) is 17.5. The highest BCUT2D eigenvalue weighted by Crippen LogP contribution is 2.45. The molecule has 2 atom stereocenters. The van der Waals surface area contributed by atoms with Crippen LogP contribution < -0.4 is 4.74 Å². The van der Waals surface area contributed by atoms with E-state index in [0.29, 0.717) is 32.7 Å². The van der Waals surface area contributed by atoms with Crippen LogP contribution in [-0.4, -0.2) is 58.9 Å². The van der Waals surface area contributed by atoms with Crippen LogP contribution in [0.1, 0.15) is 48.8 Å². The second-order valence-corrected chi connectivity index (χ2v) is 9.60. The van der Waals surface area contributed by atoms with Gasteiger partial charge in [0.05, 0.1) is 30.9 Å². The Morgan fingerprint density at radius 2 is 2.00 bits per heavy atom. The molecular weight excluding hydrogens is 465 g/mol. The summed E-state index contributed by atoms with van der Waals surface area (Å²) in [5.41, 5.74) is 5.06. The number of ether oxygens (including phenoxy) is 3. The third-order valence-corrected chi connectivity index (χ3v) is 7.56. The van der Waals surface area contributed by atoms with Gasteiger partial charge >= 0.3 is 5.97 Å². The Bertz CT molecular complexity index is 1430. The number of H-pyrrole nitrogens is 1. The molecule has 0 radical (unpaired) electrons. The van der Waals surface area contributed by atoms with Gasteiger partial charge in [0.15, 0.2) is 17.7 Å². The first-order valence-electron chi connectivity index (χ1n) is 12.3. The molecule has 2 aliphatic heterocycles. The molecule has 6 rings (SSSR count). The fourth-order valence-electron chi connectivity index (χ4n) is 5.81. The molecule has 0 spiro atoms. The molecule has 2 saturated heterocycles. The second kappa shape index (κ2) is 9.22. The topological polar surface area (TPSA) is 98.6 Å². The molecule has 2 aliphatic rings. The van der Waals surface area contributed by atoms with Crippen LogP contribution >= 0.6 is 0 Å². The third-order valence-electron chi connectivity index (χ3n) is 7.56. The SMILES string of the molecule is COc1cc(-n2c(C3CCOCC3)c([C@H]3CC[C@H](C(=O)O)OC3)c3cc4[nH]ncc4cc32)ccc1F. The Kier molecular flexibility index (Phi) is 5.89. The minimum Gasteiger partial charge on any atom is -0.494 e. The number of benzene rings is 2. The summed E-state index contributed by atoms with van der Waals surface area (Å²) < 4.78 is 33.4. The predicted octanol–water partition coefficient (Wildman–Crippen LogP) is 4.90. The Morgan fingerprint density at radius 3 is 2.72 bits per heavy atom. The lowest BCUT2D eigenvalue weighted by Gasteiger charge is -2.31. The normalized spacial score (nSPS) is 21.3. The number of nitrogens with one attached hydrogen (secondary N) is 1. The lowest BCUT2D eigenvalue weighted by Crippen LogP contribution is -2.31. The van der Waals surface area contributed by atoms with Crippen molar-refractivity contribution in [1.29, 1.82) is 0 Å². The van der Waals surface area contributed by atoms with Gasteiger partial charge in [0.25, 0.3) is 0 Å². The number of aliphatic carboxylic acids is 1. The van der Waals surface area contributed by atoms with Crippen LogP contribution in [0, 0.1) is 5.82 Å². The Balaban J connectivity index is 1.62. The van der Waals surface area contributed by atoms with Gasteiger partial charge < -0.3 is 23.9 Å². The average Bonchev–Trinajstić information content (AvgIpc) is 3.50. The number of hydrogen-bond donors (Lipinski definition) is 2. The number of carbonyl (C=O) groups is 1. The molecule has 188 valence electrons. The Hall–Kier alpha value is -3.43. The van der Waals surface area contributed by atoms with Crippen LogP contribution in [0.2, 0.25) is 0 Å². The largest absolute Gasteiger partial charge is 0.494 e. The highest BCUT2D eigenvalue weighted by Gasteiger charge is 2.35. The molecule has 2 fully saturated rings. The lowest BCUT2D eigenvalue weighted by atomic mass is 9.84. The van der Waals surface area contributed by atoms with E-state index in [4.69, 9.17) is 14.2 Å². The summed E-state index contributed by atoms with van der Waals surface area (Å²) >= 11 is 0. The highest BCUT2D eigenvalue weighted by atomic mass is 19.1. The van der Waals surface area contributed by atoms with Gasteiger partial charge in [-0.1, -0.05) is 0 Å². The number of nitrogens with zero attached hydrogens (tertiary/aromatic N) is 2. The van der Waals surface area contributed by atoms with Crippen molar-refractivity contribution in [2.24, 2.45) is 0 Å². The summed E-state index contributed by atoms with van der Waals surface area (Å²) in [6.07, 6.45) is 3.92. The molecule has 2 aromatic heterocycles. The van der Waals surface area contributed by atoms with Gasteiger partial charge in [0.1, 0.15) is 0 Å². The molecule has 0 bridgehead atoms. The van der Waals surface area contributed by atoms with E-state index in [-0.39, 0.29) is 17.6 Å². The van der Waals surface area contributed by atoms with Gasteiger partial charge in [-0.2, -0.15) is 5.10 Å². The number of methoxy groups -OCH3 is 1. The number of aromatic nitrogens is 3. The molecule has 4 heterocycles. The summed E-state index contributed by atoms with van der Waals surface area (Å²) in [5.74, 6) is -0.888. The van der Waals surface area contributed by atoms with Gasteiger partial charge in [0.2, 0.25) is 0 Å². The average molecular weight is 494 g/mol. The minimum absolute atomic E-state index is 0.0323. The quantitative estimate of drug-likeness (QED) is 0.411. The Morgan fingerprint density at radius 1 is 1.17 bits per heavy atom. The van der Waals surface area contributed by atoms with E-state index in [2.05, 4.69) is 26.9 Å². The monoisotopic (exact) mass is 493 g/mol. The van der Waals surface area contributed by atoms with E-state index in [1.165, 1.54) is 18.7 Å². The minimum atomic E-state index is -0.918. The number of halogens is 1. The van der Waals surface area contributed by atoms with E-state index < -0.39 is 17.9 Å². The molecule has 0 saturated carbocycles. The number of rotatable bonds is 5. The van der Waals surface area contributed by atoms with Crippen LogP contribution in [0.5, 0.6) is 5.75 Å². The predicted molar refractivity (Wildman–Crippen MR) is 132 cm³/mol. The molecule has 2 N–H and O–H groups in total. The van der Waals surface area contributed by atoms with Gasteiger partial charge in [-0.05, 0) is 55.5 Å². The first-order valence-corrected chi connectivity index (χ1v) is 12.3. The van der Waals surface area contributed by atoms with Crippen molar-refractivity contribution in [1.82, 2.24) is 14.8 Å². The molecule has 2 aromatic carbocycles. The second-order valence-electron chi connectivity index (χ2n) is 9.60. The van der Waals surface area contributed by atoms with E-state index in [1.54, 1.807) is 18.3 Å². The standard InChI is InChI=1S/C27H28FN3O5/c1-34-24-11-18(3-4-20(24)28)31-22-10-17-13-29-30-21(17)12-19(22)25(26(31)15-6-8-35-9-7-15)16-2-5-23(27(32)33)36-14-16/h3-4,10-13,15-16,23H,2,5-9,14H2,1H3,(H,29,30)(H,32,33)/t16-,23+/m0/s1. The van der Waals surface area contributed by atoms with Crippen molar-refractivity contribution in [3.05, 3.63) is 53.6 Å². The maximum absolute atomic E-state index is 14.4. The van der Waals surface area contributed by atoms with E-state index in [9.17, 15) is 14.3 Å². The van der Waals surface area contributed by atoms with E-state index in [1.807, 2.05) is 0 Å². The molecule has 4 aromatic rings. The first kappa shape index (κ1) is 23.0. The Labute approximate surface area is 206 Å². The van der Waals surface area contributed by atoms with Crippen molar-refractivity contribution >= 4 is 27.8 Å². The fourth-order valence-corrected chi connectivity index (χ4v) is 5.81. The number of aromatic amines is 1. The molecular formula is C27H28FN3O5. The van der Waals surface area contributed by atoms with Crippen LogP contribution in [0.4, 0.5) is 4.39 Å². The van der Waals surface area contributed by atoms with Crippen molar-refractivity contribution in [3.63, 3.8) is 0 Å². The number of carboxylic acid groups (broad SMARTS) is 1. The molecule has 8 nitrogen and oxygen atoms in total. The van der Waals surface area contributed by atoms with Crippen LogP contribution in [0.3, 0.4) is 0 Å². The zero-order valence-corrected chi connectivity index (χ0v) is 20.0. The summed E-state index contributed by atoms with van der Waals surface area (Å²) in [6.45, 7) is 1.68. The van der Waals surface area contributed by atoms with Crippen molar-refractivity contribution in [2.45, 2.75) is 43.6 Å². The summed E-state index contributed by atoms with van der Waals surface area (Å²) in [5, 5.41) is 18.8. The lowest BCUT2D eigenvalue weighted by molar-refractivity contribution is -0.153. The smallest absolute Gasteiger partial charge is 0.332 e. The van der Waals surface area contributed by atoms with Gasteiger partial charge in [-0.15, -0.1) is 0 Å². The molecule has 0 aliphatic carbocycles. The van der Waals surface area contributed by atoms with E-state index >= 15 is 0 Å². The van der Waals surface area contributed by atoms with Gasteiger partial charge in [0, 0.05) is 53.3 Å². The van der Waals surface area contributed by atoms with Crippen molar-refractivity contribution < 1.29 is 28.5 Å². The van der Waals surface area contributed by atoms with Crippen molar-refractivity contribution in [3.8, 4) is 11.4 Å². The van der Waals surface area contributed by atoms with Gasteiger partial charge in [-0.3, -0.25) is 5.10 Å². The number of carboxylic acids is 1. The van der Waals surface area contributed by atoms with E-state index in [0.717, 1.165) is 46.0 Å². The fraction of sp³-hybridized carbons (Fsp3) is 0.407. The zero-order chi connectivity index (χ0) is 24.8. The highest BCUT2D eigenvalue weighted by molar-refractivity contribution is 5.99. The maximum atomic E-state index is 14.4. The van der Waals surface area contributed by atoms with Crippen LogP contribution in [0.25, 0.3) is 27.5 Å². The molecule has 9 heteroatoms. The van der Waals surface area contributed by atoms with Crippen LogP contribution in [-0.2, 0) is 14.3 Å². The summed E-state index contributed by atoms with van der Waals surface area (Å²) in [7, 11) is 1.47. The molecule has 0 amide bonds. The number of hydrogen-bond acceptors (Lipinski definition) is 5. The maximum Gasteiger partial charge on any atom is 0.332 e. The zero-order valence-electron chi connectivity index (χ0n) is 20.0. The third kappa shape index (κ3) is 3.83.